The Hall–Kier alpha value is -1.84. The Bertz CT molecular complexity index is 635. The van der Waals surface area contributed by atoms with Crippen LogP contribution in [0, 0.1) is 0 Å². The van der Waals surface area contributed by atoms with Gasteiger partial charge in [-0.15, -0.1) is 0 Å². The highest BCUT2D eigenvalue weighted by atomic mass is 16.5. The minimum atomic E-state index is -0.710. The van der Waals surface area contributed by atoms with E-state index in [0.717, 1.165) is 77.0 Å². The summed E-state index contributed by atoms with van der Waals surface area (Å²) in [6, 6.07) is 0. The number of ether oxygens (including phenoxy) is 1. The second kappa shape index (κ2) is 30.7. The Morgan fingerprint density at radius 3 is 1.74 bits per heavy atom. The molecular weight excluding hydrogens is 484 g/mol. The molecule has 0 heterocycles. The van der Waals surface area contributed by atoms with E-state index >= 15 is 0 Å². The van der Waals surface area contributed by atoms with Gasteiger partial charge in [0.25, 0.3) is 0 Å². The average Bonchev–Trinajstić information content (AvgIpc) is 2.91. The SMILES string of the molecule is CCC/C=C\CCCCCCCC(=O)OC(CCC/C=C\C/C=C\CCCCC)CCCCCCCC(=O)O. The largest absolute Gasteiger partial charge is 0.481 e. The Balaban J connectivity index is 4.20. The molecule has 0 aliphatic carbocycles. The molecule has 226 valence electrons. The van der Waals surface area contributed by atoms with Crippen LogP contribution in [0.1, 0.15) is 168 Å². The fourth-order valence-electron chi connectivity index (χ4n) is 4.63. The van der Waals surface area contributed by atoms with Crippen molar-refractivity contribution >= 4 is 11.9 Å². The molecule has 4 nitrogen and oxygen atoms in total. The number of hydrogen-bond acceptors (Lipinski definition) is 3. The highest BCUT2D eigenvalue weighted by molar-refractivity contribution is 5.69. The van der Waals surface area contributed by atoms with Gasteiger partial charge in [0.1, 0.15) is 6.10 Å². The number of esters is 1. The van der Waals surface area contributed by atoms with E-state index in [0.29, 0.717) is 6.42 Å². The van der Waals surface area contributed by atoms with Crippen molar-refractivity contribution in [1.82, 2.24) is 0 Å². The zero-order valence-corrected chi connectivity index (χ0v) is 25.7. The highest BCUT2D eigenvalue weighted by Gasteiger charge is 2.14. The Morgan fingerprint density at radius 1 is 0.564 bits per heavy atom. The van der Waals surface area contributed by atoms with Crippen LogP contribution in [0.2, 0.25) is 0 Å². The minimum absolute atomic E-state index is 0.0123. The number of carboxylic acids is 1. The summed E-state index contributed by atoms with van der Waals surface area (Å²) >= 11 is 0. The van der Waals surface area contributed by atoms with E-state index in [1.165, 1.54) is 64.2 Å². The van der Waals surface area contributed by atoms with Gasteiger partial charge in [-0.05, 0) is 83.5 Å². The van der Waals surface area contributed by atoms with Crippen LogP contribution in [0.4, 0.5) is 0 Å². The third kappa shape index (κ3) is 30.6. The van der Waals surface area contributed by atoms with Crippen LogP contribution in [-0.2, 0) is 14.3 Å². The molecule has 39 heavy (non-hydrogen) atoms. The zero-order valence-electron chi connectivity index (χ0n) is 25.7. The lowest BCUT2D eigenvalue weighted by Gasteiger charge is -2.18. The number of carboxylic acid groups (broad SMARTS) is 1. The molecular formula is C35H62O4. The molecule has 0 radical (unpaired) electrons. The summed E-state index contributed by atoms with van der Waals surface area (Å²) in [5.74, 6) is -0.744. The quantitative estimate of drug-likeness (QED) is 0.0575. The van der Waals surface area contributed by atoms with E-state index in [1.54, 1.807) is 0 Å². The molecule has 0 aromatic rings. The average molecular weight is 547 g/mol. The zero-order chi connectivity index (χ0) is 28.7. The predicted octanol–water partition coefficient (Wildman–Crippen LogP) is 11.1. The van der Waals surface area contributed by atoms with Gasteiger partial charge < -0.3 is 9.84 Å². The maximum atomic E-state index is 12.5. The number of unbranched alkanes of at least 4 members (excludes halogenated alkanes) is 14. The fourth-order valence-corrected chi connectivity index (χ4v) is 4.63. The van der Waals surface area contributed by atoms with Gasteiger partial charge in [-0.25, -0.2) is 0 Å². The van der Waals surface area contributed by atoms with Crippen LogP contribution in [0.25, 0.3) is 0 Å². The second-order valence-electron chi connectivity index (χ2n) is 11.0. The van der Waals surface area contributed by atoms with E-state index in [-0.39, 0.29) is 18.5 Å². The van der Waals surface area contributed by atoms with Crippen molar-refractivity contribution in [3.63, 3.8) is 0 Å². The van der Waals surface area contributed by atoms with Gasteiger partial charge in [-0.1, -0.05) is 108 Å². The molecule has 0 rings (SSSR count). The molecule has 0 saturated carbocycles. The number of allylic oxidation sites excluding steroid dienone is 6. The van der Waals surface area contributed by atoms with Crippen molar-refractivity contribution in [2.75, 3.05) is 0 Å². The minimum Gasteiger partial charge on any atom is -0.481 e. The molecule has 0 aliphatic rings. The lowest BCUT2D eigenvalue weighted by molar-refractivity contribution is -0.150. The number of carbonyl (C=O) groups excluding carboxylic acids is 1. The van der Waals surface area contributed by atoms with Gasteiger partial charge >= 0.3 is 11.9 Å². The maximum absolute atomic E-state index is 12.5. The highest BCUT2D eigenvalue weighted by Crippen LogP contribution is 2.17. The van der Waals surface area contributed by atoms with Gasteiger partial charge in [-0.2, -0.15) is 0 Å². The van der Waals surface area contributed by atoms with Crippen LogP contribution < -0.4 is 0 Å². The van der Waals surface area contributed by atoms with E-state index in [9.17, 15) is 9.59 Å². The summed E-state index contributed by atoms with van der Waals surface area (Å²) in [7, 11) is 0. The van der Waals surface area contributed by atoms with Crippen LogP contribution in [0.5, 0.6) is 0 Å². The van der Waals surface area contributed by atoms with Crippen LogP contribution in [-0.4, -0.2) is 23.1 Å². The Kier molecular flexibility index (Phi) is 29.2. The van der Waals surface area contributed by atoms with Gasteiger partial charge in [0.05, 0.1) is 0 Å². The Labute approximate surface area is 241 Å². The van der Waals surface area contributed by atoms with Crippen molar-refractivity contribution in [2.45, 2.75) is 174 Å². The number of aliphatic carboxylic acids is 1. The number of rotatable bonds is 29. The summed E-state index contributed by atoms with van der Waals surface area (Å²) in [6.45, 7) is 4.44. The van der Waals surface area contributed by atoms with Gasteiger partial charge in [0, 0.05) is 12.8 Å². The third-order valence-electron chi connectivity index (χ3n) is 7.07. The first-order valence-corrected chi connectivity index (χ1v) is 16.5. The molecule has 1 N–H and O–H groups in total. The van der Waals surface area contributed by atoms with Gasteiger partial charge in [0.2, 0.25) is 0 Å². The molecule has 0 bridgehead atoms. The topological polar surface area (TPSA) is 63.6 Å². The lowest BCUT2D eigenvalue weighted by atomic mass is 10.0. The standard InChI is InChI=1S/C35H62O4/c1-3-5-7-9-11-13-15-16-18-21-25-29-33(30-26-22-20-23-27-31-34(36)37)39-35(38)32-28-24-19-17-14-12-10-8-6-4-2/h8,10-11,13,16,18,33H,3-7,9,12,14-15,17,19-32H2,1-2H3,(H,36,37)/b10-8-,13-11-,18-16-. The van der Waals surface area contributed by atoms with Crippen molar-refractivity contribution < 1.29 is 19.4 Å². The second-order valence-corrected chi connectivity index (χ2v) is 11.0. The number of hydrogen-bond donors (Lipinski definition) is 1. The summed E-state index contributed by atoms with van der Waals surface area (Å²) in [6.07, 6.45) is 38.6. The summed E-state index contributed by atoms with van der Waals surface area (Å²) in [5, 5.41) is 8.77. The molecule has 1 unspecified atom stereocenters. The van der Waals surface area contributed by atoms with Crippen LogP contribution in [0.3, 0.4) is 0 Å². The molecule has 0 aromatic heterocycles. The number of carbonyl (C=O) groups is 2. The van der Waals surface area contributed by atoms with E-state index in [1.807, 2.05) is 0 Å². The molecule has 0 spiro atoms. The van der Waals surface area contributed by atoms with E-state index < -0.39 is 5.97 Å². The van der Waals surface area contributed by atoms with Crippen molar-refractivity contribution in [1.29, 1.82) is 0 Å². The molecule has 0 aliphatic heterocycles. The van der Waals surface area contributed by atoms with Gasteiger partial charge in [0.15, 0.2) is 0 Å². The third-order valence-corrected chi connectivity index (χ3v) is 7.07. The normalized spacial score (nSPS) is 12.7. The molecule has 1 atom stereocenters. The van der Waals surface area contributed by atoms with E-state index in [4.69, 9.17) is 9.84 Å². The van der Waals surface area contributed by atoms with Crippen LogP contribution in [0.15, 0.2) is 36.5 Å². The summed E-state index contributed by atoms with van der Waals surface area (Å²) < 4.78 is 5.92. The van der Waals surface area contributed by atoms with E-state index in [2.05, 4.69) is 50.3 Å². The van der Waals surface area contributed by atoms with Crippen molar-refractivity contribution in [3.8, 4) is 0 Å². The van der Waals surface area contributed by atoms with Crippen molar-refractivity contribution in [2.24, 2.45) is 0 Å². The lowest BCUT2D eigenvalue weighted by Crippen LogP contribution is -2.18. The molecule has 0 amide bonds. The first kappa shape index (κ1) is 37.2. The maximum Gasteiger partial charge on any atom is 0.306 e. The predicted molar refractivity (Wildman–Crippen MR) is 167 cm³/mol. The molecule has 4 heteroatoms. The van der Waals surface area contributed by atoms with Crippen molar-refractivity contribution in [3.05, 3.63) is 36.5 Å². The molecule has 0 aromatic carbocycles. The smallest absolute Gasteiger partial charge is 0.306 e. The summed E-state index contributed by atoms with van der Waals surface area (Å²) in [4.78, 5) is 23.2. The van der Waals surface area contributed by atoms with Gasteiger partial charge in [-0.3, -0.25) is 9.59 Å². The first-order valence-electron chi connectivity index (χ1n) is 16.5. The summed E-state index contributed by atoms with van der Waals surface area (Å²) in [5.41, 5.74) is 0. The first-order chi connectivity index (χ1) is 19.1. The van der Waals surface area contributed by atoms with Crippen LogP contribution >= 0.6 is 0 Å². The monoisotopic (exact) mass is 546 g/mol. The molecule has 0 fully saturated rings. The molecule has 0 saturated heterocycles. The fraction of sp³-hybridized carbons (Fsp3) is 0.771. The Morgan fingerprint density at radius 2 is 1.08 bits per heavy atom.